The number of piperidine rings is 1. The second kappa shape index (κ2) is 4.77. The fourth-order valence-corrected chi connectivity index (χ4v) is 2.51. The zero-order valence-corrected chi connectivity index (χ0v) is 10.6. The smallest absolute Gasteiger partial charge is 0.342 e. The molecule has 2 rings (SSSR count). The molecular weight excluding hydrogens is 263 g/mol. The van der Waals surface area contributed by atoms with Crippen molar-refractivity contribution in [2.45, 2.75) is 45.1 Å². The summed E-state index contributed by atoms with van der Waals surface area (Å²) in [6.45, 7) is 1.83. The van der Waals surface area contributed by atoms with Crippen molar-refractivity contribution in [1.29, 1.82) is 0 Å². The molecule has 1 heterocycles. The van der Waals surface area contributed by atoms with Crippen molar-refractivity contribution in [3.63, 3.8) is 0 Å². The van der Waals surface area contributed by atoms with Gasteiger partial charge in [-0.05, 0) is 32.6 Å². The van der Waals surface area contributed by atoms with Gasteiger partial charge in [-0.15, -0.1) is 13.2 Å². The van der Waals surface area contributed by atoms with Crippen LogP contribution in [-0.4, -0.2) is 42.1 Å². The lowest BCUT2D eigenvalue weighted by molar-refractivity contribution is -0.345. The van der Waals surface area contributed by atoms with Gasteiger partial charge in [-0.1, -0.05) is 0 Å². The van der Waals surface area contributed by atoms with E-state index in [0.717, 1.165) is 0 Å². The zero-order valence-electron chi connectivity index (χ0n) is 10.6. The van der Waals surface area contributed by atoms with Crippen LogP contribution in [0.4, 0.5) is 13.2 Å². The van der Waals surface area contributed by atoms with Crippen LogP contribution in [0, 0.1) is 5.41 Å². The van der Waals surface area contributed by atoms with E-state index in [9.17, 15) is 22.8 Å². The molecule has 1 amide bonds. The Morgan fingerprint density at radius 3 is 2.11 bits per heavy atom. The van der Waals surface area contributed by atoms with E-state index in [-0.39, 0.29) is 37.6 Å². The summed E-state index contributed by atoms with van der Waals surface area (Å²) < 4.78 is 40.1. The van der Waals surface area contributed by atoms with Crippen LogP contribution >= 0.6 is 0 Å². The third kappa shape index (κ3) is 3.08. The van der Waals surface area contributed by atoms with Gasteiger partial charge in [0.25, 0.3) is 0 Å². The molecule has 0 radical (unpaired) electrons. The lowest BCUT2D eigenvalue weighted by Crippen LogP contribution is -2.46. The largest absolute Gasteiger partial charge is 0.522 e. The minimum Gasteiger partial charge on any atom is -0.342 e. The summed E-state index contributed by atoms with van der Waals surface area (Å²) in [4.78, 5) is 25.1. The molecule has 2 fully saturated rings. The van der Waals surface area contributed by atoms with Crippen LogP contribution in [0.5, 0.6) is 0 Å². The van der Waals surface area contributed by atoms with Crippen molar-refractivity contribution >= 4 is 11.7 Å². The van der Waals surface area contributed by atoms with Crippen LogP contribution in [0.25, 0.3) is 0 Å². The topological polar surface area (TPSA) is 46.6 Å². The third-order valence-corrected chi connectivity index (χ3v) is 3.86. The summed E-state index contributed by atoms with van der Waals surface area (Å²) in [7, 11) is 0. The van der Waals surface area contributed by atoms with Crippen LogP contribution in [0.15, 0.2) is 0 Å². The van der Waals surface area contributed by atoms with E-state index < -0.39 is 17.9 Å². The van der Waals surface area contributed by atoms with Gasteiger partial charge in [0, 0.05) is 13.1 Å². The Balaban J connectivity index is 1.87. The maximum Gasteiger partial charge on any atom is 0.522 e. The second-order valence-corrected chi connectivity index (χ2v) is 5.19. The first-order valence-electron chi connectivity index (χ1n) is 6.29. The minimum absolute atomic E-state index is 0.147. The number of amides is 1. The van der Waals surface area contributed by atoms with E-state index >= 15 is 0 Å². The summed E-state index contributed by atoms with van der Waals surface area (Å²) in [6.07, 6.45) is -4.11. The van der Waals surface area contributed by atoms with Crippen LogP contribution in [0.1, 0.15) is 32.6 Å². The van der Waals surface area contributed by atoms with Gasteiger partial charge in [0.05, 0.1) is 6.10 Å². The predicted molar refractivity (Wildman–Crippen MR) is 59.1 cm³/mol. The lowest BCUT2D eigenvalue weighted by atomic mass is 9.98. The molecular formula is C12H16F3NO3. The quantitative estimate of drug-likeness (QED) is 0.741. The highest BCUT2D eigenvalue weighted by atomic mass is 19.4. The predicted octanol–water partition coefficient (Wildman–Crippen LogP) is 1.88. The highest BCUT2D eigenvalue weighted by Crippen LogP contribution is 2.48. The molecule has 2 aliphatic rings. The Bertz CT molecular complexity index is 382. The monoisotopic (exact) mass is 279 g/mol. The maximum atomic E-state index is 12.2. The van der Waals surface area contributed by atoms with Crippen molar-refractivity contribution in [3.8, 4) is 0 Å². The number of alkyl halides is 3. The molecule has 0 unspecified atom stereocenters. The van der Waals surface area contributed by atoms with Gasteiger partial charge < -0.3 is 4.90 Å². The van der Waals surface area contributed by atoms with Crippen molar-refractivity contribution in [2.24, 2.45) is 5.41 Å². The van der Waals surface area contributed by atoms with Crippen LogP contribution in [0.2, 0.25) is 0 Å². The van der Waals surface area contributed by atoms with E-state index in [1.54, 1.807) is 0 Å². The number of nitrogens with zero attached hydrogens (tertiary/aromatic N) is 1. The van der Waals surface area contributed by atoms with E-state index in [2.05, 4.69) is 4.74 Å². The SMILES string of the molecule is CC(=O)C1(C(=O)N2CCC(OC(F)(F)F)CC2)CC1. The third-order valence-electron chi connectivity index (χ3n) is 3.86. The number of ether oxygens (including phenoxy) is 1. The van der Waals surface area contributed by atoms with Crippen molar-refractivity contribution in [1.82, 2.24) is 4.90 Å². The molecule has 0 aromatic heterocycles. The number of hydrogen-bond donors (Lipinski definition) is 0. The molecule has 0 bridgehead atoms. The van der Waals surface area contributed by atoms with E-state index in [1.807, 2.05) is 0 Å². The van der Waals surface area contributed by atoms with Crippen LogP contribution < -0.4 is 0 Å². The average molecular weight is 279 g/mol. The lowest BCUT2D eigenvalue weighted by Gasteiger charge is -2.34. The standard InChI is InChI=1S/C12H16F3NO3/c1-8(17)11(4-5-11)10(18)16-6-2-9(3-7-16)19-12(13,14)15/h9H,2-7H2,1H3. The molecule has 0 aromatic rings. The molecule has 108 valence electrons. The number of rotatable bonds is 3. The Hall–Kier alpha value is -1.11. The molecule has 1 aliphatic carbocycles. The number of carbonyl (C=O) groups excluding carboxylic acids is 2. The first kappa shape index (κ1) is 14.3. The minimum atomic E-state index is -4.63. The van der Waals surface area contributed by atoms with Gasteiger partial charge in [0.15, 0.2) is 0 Å². The summed E-state index contributed by atoms with van der Waals surface area (Å²) in [5, 5.41) is 0. The van der Waals surface area contributed by atoms with Gasteiger partial charge in [0.2, 0.25) is 5.91 Å². The summed E-state index contributed by atoms with van der Waals surface area (Å²) in [6, 6.07) is 0. The molecule has 7 heteroatoms. The van der Waals surface area contributed by atoms with Crippen molar-refractivity contribution in [2.75, 3.05) is 13.1 Å². The molecule has 1 saturated heterocycles. The highest BCUT2D eigenvalue weighted by molar-refractivity contribution is 6.07. The van der Waals surface area contributed by atoms with E-state index in [1.165, 1.54) is 11.8 Å². The molecule has 19 heavy (non-hydrogen) atoms. The first-order chi connectivity index (χ1) is 8.74. The Morgan fingerprint density at radius 1 is 1.21 bits per heavy atom. The molecule has 1 saturated carbocycles. The number of carbonyl (C=O) groups is 2. The summed E-state index contributed by atoms with van der Waals surface area (Å²) in [5.41, 5.74) is -0.877. The van der Waals surface area contributed by atoms with E-state index in [0.29, 0.717) is 12.8 Å². The van der Waals surface area contributed by atoms with Gasteiger partial charge in [0.1, 0.15) is 11.2 Å². The zero-order chi connectivity index (χ0) is 14.3. The number of halogens is 3. The van der Waals surface area contributed by atoms with Crippen molar-refractivity contribution < 1.29 is 27.5 Å². The van der Waals surface area contributed by atoms with Gasteiger partial charge in [-0.2, -0.15) is 0 Å². The molecule has 0 atom stereocenters. The Kier molecular flexibility index (Phi) is 3.59. The number of ketones is 1. The van der Waals surface area contributed by atoms with Crippen LogP contribution in [0.3, 0.4) is 0 Å². The molecule has 1 aliphatic heterocycles. The van der Waals surface area contributed by atoms with Crippen molar-refractivity contribution in [3.05, 3.63) is 0 Å². The fraction of sp³-hybridized carbons (Fsp3) is 0.833. The normalized spacial score (nSPS) is 23.3. The highest BCUT2D eigenvalue weighted by Gasteiger charge is 2.56. The average Bonchev–Trinajstić information content (AvgIpc) is 3.08. The maximum absolute atomic E-state index is 12.2. The second-order valence-electron chi connectivity index (χ2n) is 5.19. The molecule has 4 nitrogen and oxygen atoms in total. The number of Topliss-reactive ketones (excluding diaryl/α,β-unsaturated/α-hetero) is 1. The Morgan fingerprint density at radius 2 is 1.74 bits per heavy atom. The number of hydrogen-bond acceptors (Lipinski definition) is 3. The van der Waals surface area contributed by atoms with E-state index in [4.69, 9.17) is 0 Å². The summed E-state index contributed by atoms with van der Waals surface area (Å²) in [5.74, 6) is -0.378. The molecule has 0 aromatic carbocycles. The molecule has 0 N–H and O–H groups in total. The number of likely N-dealkylation sites (tertiary alicyclic amines) is 1. The van der Waals surface area contributed by atoms with Crippen LogP contribution in [-0.2, 0) is 14.3 Å². The summed E-state index contributed by atoms with van der Waals surface area (Å²) >= 11 is 0. The fourth-order valence-electron chi connectivity index (χ4n) is 2.51. The Labute approximate surface area is 108 Å². The first-order valence-corrected chi connectivity index (χ1v) is 6.29. The van der Waals surface area contributed by atoms with Gasteiger partial charge in [-0.3, -0.25) is 14.3 Å². The van der Waals surface area contributed by atoms with Gasteiger partial charge >= 0.3 is 6.36 Å². The molecule has 0 spiro atoms. The van der Waals surface area contributed by atoms with Gasteiger partial charge in [-0.25, -0.2) is 0 Å².